The van der Waals surface area contributed by atoms with Gasteiger partial charge in [0, 0.05) is 32.2 Å². The van der Waals surface area contributed by atoms with Gasteiger partial charge in [0.2, 0.25) is 11.9 Å². The molecular formula is C11H21N7O. The fourth-order valence-corrected chi connectivity index (χ4v) is 2.07. The van der Waals surface area contributed by atoms with E-state index in [0.717, 1.165) is 26.2 Å². The number of aromatic nitrogens is 3. The lowest BCUT2D eigenvalue weighted by Gasteiger charge is -2.37. The SMILES string of the molecule is COc1nc(N)nc(NCC2CN(C)CCN2C)n1. The number of likely N-dealkylation sites (N-methyl/N-ethyl adjacent to an activating group) is 2. The quantitative estimate of drug-likeness (QED) is 0.726. The molecule has 1 aromatic heterocycles. The van der Waals surface area contributed by atoms with Crippen molar-refractivity contribution < 1.29 is 4.74 Å². The molecule has 1 saturated heterocycles. The second-order valence-electron chi connectivity index (χ2n) is 4.78. The van der Waals surface area contributed by atoms with Crippen molar-refractivity contribution in [1.29, 1.82) is 0 Å². The Morgan fingerprint density at radius 3 is 2.84 bits per heavy atom. The van der Waals surface area contributed by atoms with E-state index < -0.39 is 0 Å². The molecule has 19 heavy (non-hydrogen) atoms. The minimum absolute atomic E-state index is 0.156. The molecule has 0 amide bonds. The smallest absolute Gasteiger partial charge is 0.322 e. The van der Waals surface area contributed by atoms with E-state index in [-0.39, 0.29) is 12.0 Å². The van der Waals surface area contributed by atoms with Gasteiger partial charge in [0.25, 0.3) is 0 Å². The van der Waals surface area contributed by atoms with Crippen LogP contribution < -0.4 is 15.8 Å². The number of nitrogens with zero attached hydrogens (tertiary/aromatic N) is 5. The summed E-state index contributed by atoms with van der Waals surface area (Å²) in [7, 11) is 5.76. The molecule has 0 spiro atoms. The summed E-state index contributed by atoms with van der Waals surface area (Å²) < 4.78 is 4.96. The van der Waals surface area contributed by atoms with Gasteiger partial charge < -0.3 is 20.7 Å². The van der Waals surface area contributed by atoms with Gasteiger partial charge in [0.05, 0.1) is 7.11 Å². The van der Waals surface area contributed by atoms with Crippen molar-refractivity contribution in [3.8, 4) is 6.01 Å². The van der Waals surface area contributed by atoms with Crippen molar-refractivity contribution >= 4 is 11.9 Å². The van der Waals surface area contributed by atoms with Gasteiger partial charge in [0.1, 0.15) is 0 Å². The summed E-state index contributed by atoms with van der Waals surface area (Å²) in [5.41, 5.74) is 5.59. The Labute approximate surface area is 113 Å². The van der Waals surface area contributed by atoms with E-state index in [1.54, 1.807) is 0 Å². The number of anilines is 2. The number of piperazine rings is 1. The maximum Gasteiger partial charge on any atom is 0.322 e. The Morgan fingerprint density at radius 2 is 2.11 bits per heavy atom. The number of nitrogens with two attached hydrogens (primary N) is 1. The Bertz CT molecular complexity index is 428. The average molecular weight is 267 g/mol. The van der Waals surface area contributed by atoms with Crippen molar-refractivity contribution in [2.45, 2.75) is 6.04 Å². The molecule has 0 aromatic carbocycles. The van der Waals surface area contributed by atoms with Crippen LogP contribution in [0.3, 0.4) is 0 Å². The molecule has 1 aromatic rings. The number of nitrogen functional groups attached to an aromatic ring is 1. The first-order valence-corrected chi connectivity index (χ1v) is 6.26. The van der Waals surface area contributed by atoms with E-state index in [1.165, 1.54) is 7.11 Å². The second-order valence-corrected chi connectivity index (χ2v) is 4.78. The van der Waals surface area contributed by atoms with Crippen molar-refractivity contribution in [3.63, 3.8) is 0 Å². The largest absolute Gasteiger partial charge is 0.467 e. The van der Waals surface area contributed by atoms with Crippen LogP contribution in [0.4, 0.5) is 11.9 Å². The van der Waals surface area contributed by atoms with E-state index >= 15 is 0 Å². The van der Waals surface area contributed by atoms with Crippen LogP contribution in [0.25, 0.3) is 0 Å². The van der Waals surface area contributed by atoms with Gasteiger partial charge in [-0.15, -0.1) is 0 Å². The topological polar surface area (TPSA) is 92.4 Å². The molecule has 0 saturated carbocycles. The molecule has 106 valence electrons. The third kappa shape index (κ3) is 3.65. The van der Waals surface area contributed by atoms with E-state index in [4.69, 9.17) is 10.5 Å². The molecule has 1 aliphatic heterocycles. The van der Waals surface area contributed by atoms with Gasteiger partial charge in [-0.3, -0.25) is 4.90 Å². The molecule has 1 fully saturated rings. The molecule has 0 radical (unpaired) electrons. The first-order chi connectivity index (χ1) is 9.08. The van der Waals surface area contributed by atoms with Crippen LogP contribution in [0, 0.1) is 0 Å². The highest BCUT2D eigenvalue weighted by atomic mass is 16.5. The molecule has 8 nitrogen and oxygen atoms in total. The summed E-state index contributed by atoms with van der Waals surface area (Å²) >= 11 is 0. The average Bonchev–Trinajstić information content (AvgIpc) is 2.39. The molecule has 8 heteroatoms. The van der Waals surface area contributed by atoms with E-state index in [1.807, 2.05) is 0 Å². The van der Waals surface area contributed by atoms with Crippen LogP contribution in [-0.2, 0) is 0 Å². The molecule has 0 bridgehead atoms. The molecule has 3 N–H and O–H groups in total. The maximum atomic E-state index is 5.59. The summed E-state index contributed by atoms with van der Waals surface area (Å²) in [6.45, 7) is 3.93. The monoisotopic (exact) mass is 267 g/mol. The molecule has 1 atom stereocenters. The lowest BCUT2D eigenvalue weighted by atomic mass is 10.2. The zero-order valence-corrected chi connectivity index (χ0v) is 11.6. The number of rotatable bonds is 4. The molecule has 2 rings (SSSR count). The third-order valence-electron chi connectivity index (χ3n) is 3.29. The zero-order valence-electron chi connectivity index (χ0n) is 11.6. The molecule has 0 aliphatic carbocycles. The van der Waals surface area contributed by atoms with Crippen LogP contribution >= 0.6 is 0 Å². The summed E-state index contributed by atoms with van der Waals surface area (Å²) in [5.74, 6) is 0.606. The zero-order chi connectivity index (χ0) is 13.8. The Hall–Kier alpha value is -1.67. The molecule has 2 heterocycles. The number of methoxy groups -OCH3 is 1. The fourth-order valence-electron chi connectivity index (χ4n) is 2.07. The van der Waals surface area contributed by atoms with Gasteiger partial charge in [-0.1, -0.05) is 0 Å². The van der Waals surface area contributed by atoms with Crippen LogP contribution in [0.2, 0.25) is 0 Å². The van der Waals surface area contributed by atoms with Gasteiger partial charge in [-0.25, -0.2) is 0 Å². The molecular weight excluding hydrogens is 246 g/mol. The normalized spacial score (nSPS) is 21.3. The Kier molecular flexibility index (Phi) is 4.33. The van der Waals surface area contributed by atoms with Crippen molar-refractivity contribution in [1.82, 2.24) is 24.8 Å². The summed E-state index contributed by atoms with van der Waals surface area (Å²) in [4.78, 5) is 16.6. The van der Waals surface area contributed by atoms with Gasteiger partial charge >= 0.3 is 6.01 Å². The number of hydrogen-bond donors (Lipinski definition) is 2. The van der Waals surface area contributed by atoms with Gasteiger partial charge in [-0.05, 0) is 14.1 Å². The maximum absolute atomic E-state index is 5.59. The number of ether oxygens (including phenoxy) is 1. The van der Waals surface area contributed by atoms with Crippen LogP contribution in [0.5, 0.6) is 6.01 Å². The fraction of sp³-hybridized carbons (Fsp3) is 0.727. The lowest BCUT2D eigenvalue weighted by molar-refractivity contribution is 0.121. The highest BCUT2D eigenvalue weighted by Crippen LogP contribution is 2.10. The molecule has 1 aliphatic rings. The third-order valence-corrected chi connectivity index (χ3v) is 3.29. The van der Waals surface area contributed by atoms with Gasteiger partial charge in [-0.2, -0.15) is 15.0 Å². The summed E-state index contributed by atoms with van der Waals surface area (Å²) in [6, 6.07) is 0.645. The van der Waals surface area contributed by atoms with Crippen molar-refractivity contribution in [2.75, 3.05) is 58.4 Å². The Balaban J connectivity index is 1.96. The van der Waals surface area contributed by atoms with Crippen LogP contribution in [0.1, 0.15) is 0 Å². The predicted molar refractivity (Wildman–Crippen MR) is 73.2 cm³/mol. The van der Waals surface area contributed by atoms with E-state index in [9.17, 15) is 0 Å². The summed E-state index contributed by atoms with van der Waals surface area (Å²) in [5, 5.41) is 3.19. The van der Waals surface area contributed by atoms with Crippen molar-refractivity contribution in [3.05, 3.63) is 0 Å². The highest BCUT2D eigenvalue weighted by Gasteiger charge is 2.22. The van der Waals surface area contributed by atoms with E-state index in [2.05, 4.69) is 44.2 Å². The molecule has 1 unspecified atom stereocenters. The van der Waals surface area contributed by atoms with E-state index in [0.29, 0.717) is 12.0 Å². The van der Waals surface area contributed by atoms with Crippen LogP contribution in [-0.4, -0.2) is 78.2 Å². The standard InChI is InChI=1S/C11H21N7O/c1-17-4-5-18(2)8(7-17)6-13-10-14-9(12)15-11(16-10)19-3/h8H,4-7H2,1-3H3,(H3,12,13,14,15,16). The van der Waals surface area contributed by atoms with Gasteiger partial charge in [0.15, 0.2) is 0 Å². The Morgan fingerprint density at radius 1 is 1.32 bits per heavy atom. The first kappa shape index (κ1) is 13.8. The summed E-state index contributed by atoms with van der Waals surface area (Å²) in [6.07, 6.45) is 0. The first-order valence-electron chi connectivity index (χ1n) is 6.26. The van der Waals surface area contributed by atoms with Crippen molar-refractivity contribution in [2.24, 2.45) is 0 Å². The minimum atomic E-state index is 0.156. The number of nitrogens with one attached hydrogen (secondary N) is 1. The second kappa shape index (κ2) is 5.98. The minimum Gasteiger partial charge on any atom is -0.467 e. The lowest BCUT2D eigenvalue weighted by Crippen LogP contribution is -2.52. The highest BCUT2D eigenvalue weighted by molar-refractivity contribution is 5.32. The predicted octanol–water partition coefficient (Wildman–Crippen LogP) is -0.880. The number of hydrogen-bond acceptors (Lipinski definition) is 8. The van der Waals surface area contributed by atoms with Crippen LogP contribution in [0.15, 0.2) is 0 Å².